The highest BCUT2D eigenvalue weighted by Crippen LogP contribution is 2.64. The molecule has 6 atom stereocenters. The van der Waals surface area contributed by atoms with Gasteiger partial charge in [-0.05, 0) is 42.4 Å². The van der Waals surface area contributed by atoms with Crippen LogP contribution in [0.15, 0.2) is 57.5 Å². The minimum Gasteiger partial charge on any atom is -0.391 e. The summed E-state index contributed by atoms with van der Waals surface area (Å²) in [6.07, 6.45) is -1.51. The van der Waals surface area contributed by atoms with Gasteiger partial charge in [-0.25, -0.2) is 0 Å². The molecular weight excluding hydrogens is 574 g/mol. The summed E-state index contributed by atoms with van der Waals surface area (Å²) in [5, 5.41) is 22.4. The summed E-state index contributed by atoms with van der Waals surface area (Å²) in [7, 11) is 2.01. The van der Waals surface area contributed by atoms with Crippen LogP contribution in [0, 0.1) is 10.8 Å². The topological polar surface area (TPSA) is 60.8 Å². The molecule has 4 nitrogen and oxygen atoms in total. The Morgan fingerprint density at radius 1 is 0.812 bits per heavy atom. The smallest absolute Gasteiger partial charge is 0.155 e. The highest BCUT2D eigenvalue weighted by molar-refractivity contribution is 9.10. The fraction of sp³-hybridized carbons (Fsp3) is 0.458. The molecule has 0 saturated carbocycles. The van der Waals surface area contributed by atoms with E-state index in [0.717, 1.165) is 20.1 Å². The summed E-state index contributed by atoms with van der Waals surface area (Å²) in [5.41, 5.74) is 0.193. The SMILES string of the molecule is CN1CC2(C(=O)C3(C1)C(O)CSC3c1ccc(Br)cc1)C(O)CSC2c1ccc(Br)cc1. The number of benzene rings is 2. The van der Waals surface area contributed by atoms with E-state index >= 15 is 0 Å². The summed E-state index contributed by atoms with van der Waals surface area (Å²) in [4.78, 5) is 16.8. The zero-order valence-electron chi connectivity index (χ0n) is 17.6. The Kier molecular flexibility index (Phi) is 6.36. The number of ketones is 1. The monoisotopic (exact) mass is 597 g/mol. The molecule has 0 bridgehead atoms. The number of carbonyl (C=O) groups is 1. The van der Waals surface area contributed by atoms with E-state index in [0.29, 0.717) is 24.6 Å². The number of nitrogens with zero attached hydrogens (tertiary/aromatic N) is 1. The molecule has 0 aromatic heterocycles. The third kappa shape index (κ3) is 3.48. The number of hydrogen-bond acceptors (Lipinski definition) is 6. The van der Waals surface area contributed by atoms with Crippen molar-refractivity contribution in [1.82, 2.24) is 4.90 Å². The van der Waals surface area contributed by atoms with Gasteiger partial charge >= 0.3 is 0 Å². The minimum absolute atomic E-state index is 0.0268. The molecule has 3 aliphatic heterocycles. The van der Waals surface area contributed by atoms with Gasteiger partial charge in [0, 0.05) is 44.0 Å². The van der Waals surface area contributed by atoms with Gasteiger partial charge in [-0.1, -0.05) is 56.1 Å². The second-order valence-electron chi connectivity index (χ2n) is 9.14. The van der Waals surface area contributed by atoms with Gasteiger partial charge in [0.1, 0.15) is 0 Å². The highest BCUT2D eigenvalue weighted by atomic mass is 79.9. The molecule has 2 N–H and O–H groups in total. The van der Waals surface area contributed by atoms with Gasteiger partial charge in [-0.2, -0.15) is 0 Å². The van der Waals surface area contributed by atoms with Gasteiger partial charge in [-0.3, -0.25) is 4.79 Å². The fourth-order valence-corrected chi connectivity index (χ4v) is 9.67. The Hall–Kier alpha value is -0.350. The molecular formula is C24H25Br2NO3S2. The number of carbonyl (C=O) groups excluding carboxylic acids is 1. The molecule has 32 heavy (non-hydrogen) atoms. The number of rotatable bonds is 2. The molecule has 6 unspecified atom stereocenters. The second-order valence-corrected chi connectivity index (χ2v) is 13.3. The third-order valence-electron chi connectivity index (χ3n) is 7.22. The van der Waals surface area contributed by atoms with Crippen molar-refractivity contribution in [3.8, 4) is 0 Å². The number of hydrogen-bond donors (Lipinski definition) is 2. The van der Waals surface area contributed by atoms with Crippen LogP contribution in [0.5, 0.6) is 0 Å². The minimum atomic E-state index is -0.953. The normalized spacial score (nSPS) is 37.6. The van der Waals surface area contributed by atoms with Crippen molar-refractivity contribution in [1.29, 1.82) is 0 Å². The molecule has 2 aromatic rings. The lowest BCUT2D eigenvalue weighted by Gasteiger charge is -2.53. The van der Waals surface area contributed by atoms with Crippen LogP contribution in [0.3, 0.4) is 0 Å². The molecule has 3 saturated heterocycles. The van der Waals surface area contributed by atoms with E-state index in [1.807, 2.05) is 55.6 Å². The summed E-state index contributed by atoms with van der Waals surface area (Å²) in [6.45, 7) is 0.986. The van der Waals surface area contributed by atoms with E-state index in [4.69, 9.17) is 0 Å². The van der Waals surface area contributed by atoms with Crippen LogP contribution >= 0.6 is 55.4 Å². The summed E-state index contributed by atoms with van der Waals surface area (Å²) in [5.74, 6) is 1.06. The maximum atomic E-state index is 14.6. The van der Waals surface area contributed by atoms with Crippen molar-refractivity contribution >= 4 is 61.2 Å². The van der Waals surface area contributed by atoms with Crippen molar-refractivity contribution in [3.63, 3.8) is 0 Å². The van der Waals surface area contributed by atoms with Crippen LogP contribution in [0.4, 0.5) is 0 Å². The number of aliphatic hydroxyl groups is 2. The van der Waals surface area contributed by atoms with Crippen molar-refractivity contribution < 1.29 is 15.0 Å². The van der Waals surface area contributed by atoms with Crippen LogP contribution in [-0.4, -0.2) is 64.7 Å². The quantitative estimate of drug-likeness (QED) is 0.523. The van der Waals surface area contributed by atoms with Crippen LogP contribution in [0.2, 0.25) is 0 Å². The van der Waals surface area contributed by atoms with Crippen LogP contribution in [-0.2, 0) is 4.79 Å². The van der Waals surface area contributed by atoms with Gasteiger partial charge in [0.15, 0.2) is 5.78 Å². The highest BCUT2D eigenvalue weighted by Gasteiger charge is 2.69. The lowest BCUT2D eigenvalue weighted by atomic mass is 9.58. The average Bonchev–Trinajstić information content (AvgIpc) is 3.26. The number of aliphatic hydroxyl groups excluding tert-OH is 2. The van der Waals surface area contributed by atoms with E-state index in [1.54, 1.807) is 23.5 Å². The van der Waals surface area contributed by atoms with Gasteiger partial charge in [0.25, 0.3) is 0 Å². The zero-order valence-corrected chi connectivity index (χ0v) is 22.4. The van der Waals surface area contributed by atoms with Crippen molar-refractivity contribution in [2.75, 3.05) is 31.6 Å². The summed E-state index contributed by atoms with van der Waals surface area (Å²) < 4.78 is 1.97. The molecule has 170 valence electrons. The lowest BCUT2D eigenvalue weighted by Crippen LogP contribution is -2.66. The van der Waals surface area contributed by atoms with Crippen LogP contribution in [0.25, 0.3) is 0 Å². The van der Waals surface area contributed by atoms with E-state index in [9.17, 15) is 15.0 Å². The Morgan fingerprint density at radius 2 is 1.19 bits per heavy atom. The Labute approximate surface area is 213 Å². The van der Waals surface area contributed by atoms with Crippen LogP contribution < -0.4 is 0 Å². The zero-order chi connectivity index (χ0) is 22.7. The standard InChI is InChI=1S/C24H25Br2NO3S2/c1-27-12-23(18(28)10-31-20(23)14-2-6-16(25)7-3-14)22(30)24(13-27)19(29)11-32-21(24)15-4-8-17(26)9-5-15/h2-9,18-21,28-29H,10-13H2,1H3. The molecule has 5 rings (SSSR count). The fourth-order valence-electron chi connectivity index (χ4n) is 5.82. The molecule has 0 amide bonds. The maximum absolute atomic E-state index is 14.6. The van der Waals surface area contributed by atoms with Gasteiger partial charge in [0.2, 0.25) is 0 Å². The number of halogens is 2. The van der Waals surface area contributed by atoms with Crippen molar-refractivity contribution in [2.24, 2.45) is 10.8 Å². The van der Waals surface area contributed by atoms with Crippen molar-refractivity contribution in [3.05, 3.63) is 68.6 Å². The predicted octanol–water partition coefficient (Wildman–Crippen LogP) is 4.70. The first-order valence-corrected chi connectivity index (χ1v) is 14.3. The molecule has 0 radical (unpaired) electrons. The average molecular weight is 599 g/mol. The third-order valence-corrected chi connectivity index (χ3v) is 11.3. The predicted molar refractivity (Wildman–Crippen MR) is 138 cm³/mol. The molecule has 2 spiro atoms. The molecule has 0 aliphatic carbocycles. The molecule has 2 aromatic carbocycles. The number of likely N-dealkylation sites (tertiary alicyclic amines) is 1. The largest absolute Gasteiger partial charge is 0.391 e. The van der Waals surface area contributed by atoms with Gasteiger partial charge in [0.05, 0.1) is 23.0 Å². The Balaban J connectivity index is 1.64. The maximum Gasteiger partial charge on any atom is 0.155 e. The Morgan fingerprint density at radius 3 is 1.56 bits per heavy atom. The molecule has 3 fully saturated rings. The van der Waals surface area contributed by atoms with Gasteiger partial charge in [-0.15, -0.1) is 23.5 Å². The summed E-state index contributed by atoms with van der Waals surface area (Å²) in [6, 6.07) is 16.1. The van der Waals surface area contributed by atoms with E-state index in [1.165, 1.54) is 0 Å². The molecule has 3 aliphatic rings. The molecule has 8 heteroatoms. The van der Waals surface area contributed by atoms with Gasteiger partial charge < -0.3 is 15.1 Å². The Bertz CT molecular complexity index is 941. The first-order chi connectivity index (χ1) is 15.3. The number of piperidine rings is 1. The number of thioether (sulfide) groups is 2. The lowest BCUT2D eigenvalue weighted by molar-refractivity contribution is -0.163. The number of Topliss-reactive ketones (excluding diaryl/α,β-unsaturated/α-hetero) is 1. The first-order valence-electron chi connectivity index (χ1n) is 10.6. The van der Waals surface area contributed by atoms with E-state index in [2.05, 4.69) is 36.8 Å². The van der Waals surface area contributed by atoms with Crippen LogP contribution in [0.1, 0.15) is 21.6 Å². The second kappa shape index (κ2) is 8.70. The van der Waals surface area contributed by atoms with Crippen molar-refractivity contribution in [2.45, 2.75) is 22.7 Å². The van der Waals surface area contributed by atoms with E-state index in [-0.39, 0.29) is 16.3 Å². The summed E-state index contributed by atoms with van der Waals surface area (Å²) >= 11 is 10.3. The van der Waals surface area contributed by atoms with E-state index < -0.39 is 23.0 Å². The molecule has 3 heterocycles. The first kappa shape index (κ1) is 23.4.